The summed E-state index contributed by atoms with van der Waals surface area (Å²) in [5.74, 6) is 0.741. The van der Waals surface area contributed by atoms with Crippen LogP contribution in [0.1, 0.15) is 20.3 Å². The first-order valence-corrected chi connectivity index (χ1v) is 8.55. The molecule has 0 aliphatic carbocycles. The number of benzene rings is 1. The number of rotatable bonds is 7. The zero-order valence-corrected chi connectivity index (χ0v) is 14.5. The van der Waals surface area contributed by atoms with Crippen LogP contribution < -0.4 is 10.1 Å². The van der Waals surface area contributed by atoms with Crippen molar-refractivity contribution in [1.82, 2.24) is 15.1 Å². The minimum Gasteiger partial charge on any atom is -0.484 e. The second kappa shape index (κ2) is 9.27. The van der Waals surface area contributed by atoms with E-state index < -0.39 is 0 Å². The van der Waals surface area contributed by atoms with Crippen molar-refractivity contribution in [3.05, 3.63) is 30.3 Å². The van der Waals surface area contributed by atoms with Gasteiger partial charge in [0.1, 0.15) is 5.75 Å². The first-order chi connectivity index (χ1) is 11.6. The van der Waals surface area contributed by atoms with E-state index in [2.05, 4.69) is 10.2 Å². The van der Waals surface area contributed by atoms with Gasteiger partial charge >= 0.3 is 0 Å². The Hall–Kier alpha value is -2.08. The van der Waals surface area contributed by atoms with Crippen LogP contribution in [0.25, 0.3) is 0 Å². The number of hydrogen-bond acceptors (Lipinski definition) is 4. The van der Waals surface area contributed by atoms with E-state index in [1.54, 1.807) is 4.90 Å². The van der Waals surface area contributed by atoms with E-state index in [0.29, 0.717) is 38.5 Å². The second-order valence-corrected chi connectivity index (χ2v) is 6.14. The summed E-state index contributed by atoms with van der Waals surface area (Å²) in [6.07, 6.45) is 0.926. The maximum Gasteiger partial charge on any atom is 0.260 e. The zero-order valence-electron chi connectivity index (χ0n) is 14.5. The minimum absolute atomic E-state index is 0.0115. The Balaban J connectivity index is 1.68. The quantitative estimate of drug-likeness (QED) is 0.812. The van der Waals surface area contributed by atoms with Gasteiger partial charge in [-0.05, 0) is 25.5 Å². The number of hydrogen-bond donors (Lipinski definition) is 1. The van der Waals surface area contributed by atoms with Gasteiger partial charge in [0.25, 0.3) is 5.91 Å². The molecule has 0 saturated carbocycles. The average Bonchev–Trinajstić information content (AvgIpc) is 2.61. The van der Waals surface area contributed by atoms with Crippen LogP contribution in [0.5, 0.6) is 5.75 Å². The lowest BCUT2D eigenvalue weighted by Gasteiger charge is -2.34. The largest absolute Gasteiger partial charge is 0.484 e. The summed E-state index contributed by atoms with van der Waals surface area (Å²) < 4.78 is 5.50. The molecule has 1 saturated heterocycles. The van der Waals surface area contributed by atoms with Crippen molar-refractivity contribution in [1.29, 1.82) is 0 Å². The number of piperazine rings is 1. The summed E-state index contributed by atoms with van der Waals surface area (Å²) in [6, 6.07) is 9.54. The number of carbonyl (C=O) groups excluding carboxylic acids is 2. The van der Waals surface area contributed by atoms with Crippen molar-refractivity contribution in [3.63, 3.8) is 0 Å². The van der Waals surface area contributed by atoms with E-state index in [0.717, 1.165) is 6.42 Å². The number of para-hydroxylation sites is 1. The molecule has 1 atom stereocenters. The number of nitrogens with zero attached hydrogens (tertiary/aromatic N) is 2. The Morgan fingerprint density at radius 2 is 1.83 bits per heavy atom. The Morgan fingerprint density at radius 1 is 1.17 bits per heavy atom. The summed E-state index contributed by atoms with van der Waals surface area (Å²) >= 11 is 0. The molecule has 1 aromatic carbocycles. The molecule has 24 heavy (non-hydrogen) atoms. The first kappa shape index (κ1) is 18.3. The summed E-state index contributed by atoms with van der Waals surface area (Å²) in [7, 11) is 0. The maximum absolute atomic E-state index is 12.2. The van der Waals surface area contributed by atoms with Gasteiger partial charge in [-0.1, -0.05) is 25.1 Å². The van der Waals surface area contributed by atoms with E-state index >= 15 is 0 Å². The average molecular weight is 333 g/mol. The SMILES string of the molecule is CCC(C)NC(=O)CN1CCN(C(=O)COc2ccccc2)CC1. The zero-order chi connectivity index (χ0) is 17.4. The normalized spacial score (nSPS) is 16.5. The molecule has 1 heterocycles. The van der Waals surface area contributed by atoms with Gasteiger partial charge < -0.3 is 15.0 Å². The fourth-order valence-corrected chi connectivity index (χ4v) is 2.53. The number of carbonyl (C=O) groups is 2. The van der Waals surface area contributed by atoms with Crippen molar-refractivity contribution in [2.45, 2.75) is 26.3 Å². The van der Waals surface area contributed by atoms with Gasteiger partial charge in [0.2, 0.25) is 5.91 Å². The predicted molar refractivity (Wildman–Crippen MR) is 92.9 cm³/mol. The molecule has 1 aliphatic heterocycles. The molecule has 132 valence electrons. The topological polar surface area (TPSA) is 61.9 Å². The molecule has 2 rings (SSSR count). The molecular formula is C18H27N3O3. The molecule has 1 N–H and O–H groups in total. The number of nitrogens with one attached hydrogen (secondary N) is 1. The Bertz CT molecular complexity index is 528. The highest BCUT2D eigenvalue weighted by Gasteiger charge is 2.22. The highest BCUT2D eigenvalue weighted by atomic mass is 16.5. The van der Waals surface area contributed by atoms with Crippen LogP contribution in [0, 0.1) is 0 Å². The van der Waals surface area contributed by atoms with Gasteiger partial charge in [-0.3, -0.25) is 14.5 Å². The standard InChI is InChI=1S/C18H27N3O3/c1-3-15(2)19-17(22)13-20-9-11-21(12-10-20)18(23)14-24-16-7-5-4-6-8-16/h4-8,15H,3,9-14H2,1-2H3,(H,19,22). The molecule has 2 amide bonds. The minimum atomic E-state index is -0.0115. The summed E-state index contributed by atoms with van der Waals surface area (Å²) in [5, 5.41) is 2.97. The van der Waals surface area contributed by atoms with E-state index in [4.69, 9.17) is 4.74 Å². The molecule has 1 aromatic rings. The van der Waals surface area contributed by atoms with Gasteiger partial charge in [0.15, 0.2) is 6.61 Å². The van der Waals surface area contributed by atoms with Crippen molar-refractivity contribution in [3.8, 4) is 5.75 Å². The molecule has 6 nitrogen and oxygen atoms in total. The second-order valence-electron chi connectivity index (χ2n) is 6.14. The van der Waals surface area contributed by atoms with Gasteiger partial charge in [-0.15, -0.1) is 0 Å². The highest BCUT2D eigenvalue weighted by molar-refractivity contribution is 5.79. The molecule has 1 unspecified atom stereocenters. The van der Waals surface area contributed by atoms with E-state index in [1.807, 2.05) is 44.2 Å². The number of amides is 2. The van der Waals surface area contributed by atoms with Crippen LogP contribution in [0.3, 0.4) is 0 Å². The first-order valence-electron chi connectivity index (χ1n) is 8.55. The van der Waals surface area contributed by atoms with Crippen molar-refractivity contribution >= 4 is 11.8 Å². The van der Waals surface area contributed by atoms with E-state index in [9.17, 15) is 9.59 Å². The smallest absolute Gasteiger partial charge is 0.260 e. The van der Waals surface area contributed by atoms with Gasteiger partial charge in [0.05, 0.1) is 6.54 Å². The lowest BCUT2D eigenvalue weighted by atomic mass is 10.2. The van der Waals surface area contributed by atoms with Crippen LogP contribution >= 0.6 is 0 Å². The lowest BCUT2D eigenvalue weighted by molar-refractivity contribution is -0.135. The molecule has 0 radical (unpaired) electrons. The Morgan fingerprint density at radius 3 is 2.46 bits per heavy atom. The van der Waals surface area contributed by atoms with Crippen molar-refractivity contribution < 1.29 is 14.3 Å². The molecule has 1 aliphatic rings. The molecular weight excluding hydrogens is 306 g/mol. The summed E-state index contributed by atoms with van der Waals surface area (Å²) in [4.78, 5) is 28.0. The predicted octanol–water partition coefficient (Wildman–Crippen LogP) is 1.12. The van der Waals surface area contributed by atoms with Crippen molar-refractivity contribution in [2.75, 3.05) is 39.3 Å². The third-order valence-electron chi connectivity index (χ3n) is 4.22. The third kappa shape index (κ3) is 5.85. The molecule has 1 fully saturated rings. The fraction of sp³-hybridized carbons (Fsp3) is 0.556. The number of ether oxygens (including phenoxy) is 1. The molecule has 0 aromatic heterocycles. The van der Waals surface area contributed by atoms with Crippen LogP contribution in [0.4, 0.5) is 0 Å². The van der Waals surface area contributed by atoms with Gasteiger partial charge in [-0.25, -0.2) is 0 Å². The van der Waals surface area contributed by atoms with Crippen LogP contribution in [-0.4, -0.2) is 67.0 Å². The highest BCUT2D eigenvalue weighted by Crippen LogP contribution is 2.09. The van der Waals surface area contributed by atoms with Crippen LogP contribution in [-0.2, 0) is 9.59 Å². The van der Waals surface area contributed by atoms with Crippen LogP contribution in [0.15, 0.2) is 30.3 Å². The maximum atomic E-state index is 12.2. The van der Waals surface area contributed by atoms with E-state index in [-0.39, 0.29) is 24.5 Å². The third-order valence-corrected chi connectivity index (χ3v) is 4.22. The monoisotopic (exact) mass is 333 g/mol. The summed E-state index contributed by atoms with van der Waals surface area (Å²) in [6.45, 7) is 7.19. The lowest BCUT2D eigenvalue weighted by Crippen LogP contribution is -2.52. The van der Waals surface area contributed by atoms with Crippen LogP contribution in [0.2, 0.25) is 0 Å². The van der Waals surface area contributed by atoms with Gasteiger partial charge in [-0.2, -0.15) is 0 Å². The molecule has 6 heteroatoms. The molecule has 0 bridgehead atoms. The Labute approximate surface area is 143 Å². The Kier molecular flexibility index (Phi) is 7.06. The molecule has 0 spiro atoms. The van der Waals surface area contributed by atoms with Gasteiger partial charge in [0, 0.05) is 32.2 Å². The fourth-order valence-electron chi connectivity index (χ4n) is 2.53. The summed E-state index contributed by atoms with van der Waals surface area (Å²) in [5.41, 5.74) is 0. The van der Waals surface area contributed by atoms with E-state index in [1.165, 1.54) is 0 Å². The van der Waals surface area contributed by atoms with Crippen molar-refractivity contribution in [2.24, 2.45) is 0 Å².